The van der Waals surface area contributed by atoms with Gasteiger partial charge in [-0.2, -0.15) is 0 Å². The van der Waals surface area contributed by atoms with E-state index in [0.717, 1.165) is 37.2 Å². The van der Waals surface area contributed by atoms with E-state index in [4.69, 9.17) is 4.74 Å². The van der Waals surface area contributed by atoms with Crippen LogP contribution in [0.1, 0.15) is 72.6 Å². The van der Waals surface area contributed by atoms with E-state index < -0.39 is 0 Å². The molecule has 1 aromatic heterocycles. The van der Waals surface area contributed by atoms with Crippen molar-refractivity contribution in [3.63, 3.8) is 0 Å². The van der Waals surface area contributed by atoms with E-state index in [0.29, 0.717) is 24.3 Å². The quantitative estimate of drug-likeness (QED) is 0.745. The molecule has 166 valence electrons. The Labute approximate surface area is 179 Å². The van der Waals surface area contributed by atoms with Crippen LogP contribution in [0.2, 0.25) is 0 Å². The summed E-state index contributed by atoms with van der Waals surface area (Å²) in [5.41, 5.74) is 2.62. The number of hydrogen-bond acceptors (Lipinski definition) is 5. The molecule has 2 fully saturated rings. The van der Waals surface area contributed by atoms with Gasteiger partial charge in [-0.1, -0.05) is 0 Å². The number of hydrogen-bond donors (Lipinski definition) is 1. The topological polar surface area (TPSA) is 82.7 Å². The van der Waals surface area contributed by atoms with Gasteiger partial charge >= 0.3 is 0 Å². The maximum absolute atomic E-state index is 13.1. The number of carbonyl (C=O) groups is 3. The van der Waals surface area contributed by atoms with Crippen molar-refractivity contribution < 1.29 is 19.1 Å². The summed E-state index contributed by atoms with van der Waals surface area (Å²) in [6, 6.07) is -0.291. The number of rotatable bonds is 5. The monoisotopic (exact) mass is 417 g/mol. The SMILES string of the molecule is CC(=O)c1c(C)[nH]c(C(=O)C(C)N2CCC(C(=O)N3CC(C)OC(C)C3)CC2)c1C. The van der Waals surface area contributed by atoms with E-state index >= 15 is 0 Å². The molecule has 0 bridgehead atoms. The van der Waals surface area contributed by atoms with Crippen LogP contribution in [0.3, 0.4) is 0 Å². The Hall–Kier alpha value is -1.99. The first-order chi connectivity index (χ1) is 14.1. The highest BCUT2D eigenvalue weighted by molar-refractivity contribution is 6.05. The van der Waals surface area contributed by atoms with Gasteiger partial charge in [0.1, 0.15) is 0 Å². The summed E-state index contributed by atoms with van der Waals surface area (Å²) in [4.78, 5) is 45.2. The van der Waals surface area contributed by atoms with Gasteiger partial charge in [0, 0.05) is 30.3 Å². The largest absolute Gasteiger partial charge is 0.372 e. The molecule has 0 aromatic carbocycles. The van der Waals surface area contributed by atoms with Gasteiger partial charge in [0.05, 0.1) is 23.9 Å². The molecule has 3 heterocycles. The second-order valence-electron chi connectivity index (χ2n) is 9.03. The van der Waals surface area contributed by atoms with Crippen LogP contribution in [0.15, 0.2) is 0 Å². The highest BCUT2D eigenvalue weighted by atomic mass is 16.5. The van der Waals surface area contributed by atoms with Gasteiger partial charge in [-0.05, 0) is 73.0 Å². The van der Waals surface area contributed by atoms with E-state index in [9.17, 15) is 14.4 Å². The van der Waals surface area contributed by atoms with E-state index in [1.165, 1.54) is 6.92 Å². The van der Waals surface area contributed by atoms with Crippen molar-refractivity contribution in [2.75, 3.05) is 26.2 Å². The first-order valence-corrected chi connectivity index (χ1v) is 11.0. The lowest BCUT2D eigenvalue weighted by atomic mass is 9.93. The van der Waals surface area contributed by atoms with Gasteiger partial charge in [-0.15, -0.1) is 0 Å². The van der Waals surface area contributed by atoms with Crippen LogP contribution < -0.4 is 0 Å². The summed E-state index contributed by atoms with van der Waals surface area (Å²) in [7, 11) is 0. The maximum Gasteiger partial charge on any atom is 0.225 e. The molecule has 7 heteroatoms. The van der Waals surface area contributed by atoms with Crippen LogP contribution >= 0.6 is 0 Å². The number of aromatic amines is 1. The molecular weight excluding hydrogens is 382 g/mol. The van der Waals surface area contributed by atoms with Gasteiger partial charge < -0.3 is 14.6 Å². The fourth-order valence-electron chi connectivity index (χ4n) is 5.05. The first-order valence-electron chi connectivity index (χ1n) is 11.0. The summed E-state index contributed by atoms with van der Waals surface area (Å²) in [6.07, 6.45) is 1.67. The number of ketones is 2. The van der Waals surface area contributed by atoms with Gasteiger partial charge in [-0.25, -0.2) is 0 Å². The Balaban J connectivity index is 1.61. The number of morpholine rings is 1. The number of piperidine rings is 1. The van der Waals surface area contributed by atoms with Gasteiger partial charge in [0.25, 0.3) is 0 Å². The molecule has 7 nitrogen and oxygen atoms in total. The van der Waals surface area contributed by atoms with Crippen LogP contribution in [0.4, 0.5) is 0 Å². The molecule has 30 heavy (non-hydrogen) atoms. The average molecular weight is 418 g/mol. The molecule has 3 rings (SSSR count). The number of carbonyl (C=O) groups excluding carboxylic acids is 3. The second-order valence-corrected chi connectivity index (χ2v) is 9.03. The lowest BCUT2D eigenvalue weighted by Crippen LogP contribution is -2.52. The second kappa shape index (κ2) is 9.02. The Morgan fingerprint density at radius 3 is 2.13 bits per heavy atom. The lowest BCUT2D eigenvalue weighted by Gasteiger charge is -2.40. The van der Waals surface area contributed by atoms with Gasteiger partial charge in [-0.3, -0.25) is 19.3 Å². The number of Topliss-reactive ketones (excluding diaryl/α,β-unsaturated/α-hetero) is 2. The predicted molar refractivity (Wildman–Crippen MR) is 115 cm³/mol. The number of H-pyrrole nitrogens is 1. The molecule has 1 N–H and O–H groups in total. The third-order valence-electron chi connectivity index (χ3n) is 6.57. The van der Waals surface area contributed by atoms with Crippen LogP contribution in [-0.4, -0.2) is 76.7 Å². The fraction of sp³-hybridized carbons (Fsp3) is 0.696. The van der Waals surface area contributed by atoms with Crippen LogP contribution in [0.5, 0.6) is 0 Å². The minimum atomic E-state index is -0.291. The zero-order valence-electron chi connectivity index (χ0n) is 19.1. The molecule has 3 unspecified atom stereocenters. The molecule has 1 aromatic rings. The highest BCUT2D eigenvalue weighted by Gasteiger charge is 2.35. The highest BCUT2D eigenvalue weighted by Crippen LogP contribution is 2.26. The van der Waals surface area contributed by atoms with Crippen molar-refractivity contribution in [2.45, 2.75) is 72.6 Å². The van der Waals surface area contributed by atoms with E-state index in [1.54, 1.807) is 0 Å². The Morgan fingerprint density at radius 2 is 1.63 bits per heavy atom. The molecule has 0 radical (unpaired) electrons. The van der Waals surface area contributed by atoms with Gasteiger partial charge in [0.15, 0.2) is 11.6 Å². The van der Waals surface area contributed by atoms with E-state index in [2.05, 4.69) is 9.88 Å². The molecule has 0 spiro atoms. The summed E-state index contributed by atoms with van der Waals surface area (Å²) in [5, 5.41) is 0. The summed E-state index contributed by atoms with van der Waals surface area (Å²) < 4.78 is 5.74. The summed E-state index contributed by atoms with van der Waals surface area (Å²) in [6.45, 7) is 13.9. The maximum atomic E-state index is 13.1. The predicted octanol–water partition coefficient (Wildman–Crippen LogP) is 2.75. The molecule has 1 amide bonds. The molecule has 0 saturated carbocycles. The molecule has 2 saturated heterocycles. The third kappa shape index (κ3) is 4.52. The summed E-state index contributed by atoms with van der Waals surface area (Å²) in [5.74, 6) is 0.208. The van der Waals surface area contributed by atoms with Crippen LogP contribution in [0.25, 0.3) is 0 Å². The minimum Gasteiger partial charge on any atom is -0.372 e. The smallest absolute Gasteiger partial charge is 0.225 e. The van der Waals surface area contributed by atoms with Crippen molar-refractivity contribution in [1.82, 2.24) is 14.8 Å². The van der Waals surface area contributed by atoms with E-state index in [1.807, 2.05) is 39.5 Å². The van der Waals surface area contributed by atoms with Crippen molar-refractivity contribution in [1.29, 1.82) is 0 Å². The normalized spacial score (nSPS) is 24.7. The van der Waals surface area contributed by atoms with Crippen molar-refractivity contribution in [2.24, 2.45) is 5.92 Å². The summed E-state index contributed by atoms with van der Waals surface area (Å²) >= 11 is 0. The Morgan fingerprint density at radius 1 is 1.07 bits per heavy atom. The van der Waals surface area contributed by atoms with Crippen molar-refractivity contribution in [3.05, 3.63) is 22.5 Å². The number of aromatic nitrogens is 1. The fourth-order valence-corrected chi connectivity index (χ4v) is 5.05. The number of nitrogens with one attached hydrogen (secondary N) is 1. The first kappa shape index (κ1) is 22.7. The number of nitrogens with zero attached hydrogens (tertiary/aromatic N) is 2. The number of likely N-dealkylation sites (tertiary alicyclic amines) is 1. The minimum absolute atomic E-state index is 0.00343. The van der Waals surface area contributed by atoms with Crippen molar-refractivity contribution in [3.8, 4) is 0 Å². The lowest BCUT2D eigenvalue weighted by molar-refractivity contribution is -0.149. The van der Waals surface area contributed by atoms with Crippen LogP contribution in [0, 0.1) is 19.8 Å². The third-order valence-corrected chi connectivity index (χ3v) is 6.57. The molecule has 2 aliphatic heterocycles. The number of aryl methyl sites for hydroxylation is 1. The average Bonchev–Trinajstić information content (AvgIpc) is 2.99. The van der Waals surface area contributed by atoms with Crippen molar-refractivity contribution >= 4 is 17.5 Å². The zero-order valence-corrected chi connectivity index (χ0v) is 19.1. The molecule has 3 atom stereocenters. The Kier molecular flexibility index (Phi) is 6.82. The number of ether oxygens (including phenoxy) is 1. The van der Waals surface area contributed by atoms with Gasteiger partial charge in [0.2, 0.25) is 5.91 Å². The Bertz CT molecular complexity index is 813. The molecule has 0 aliphatic carbocycles. The van der Waals surface area contributed by atoms with Crippen LogP contribution in [-0.2, 0) is 9.53 Å². The van der Waals surface area contributed by atoms with E-state index in [-0.39, 0.29) is 41.6 Å². The zero-order chi connectivity index (χ0) is 22.2. The molecule has 2 aliphatic rings. The number of amides is 1. The molecular formula is C23H35N3O4. The standard InChI is InChI=1S/C23H35N3O4/c1-13-11-26(12-14(2)30-13)23(29)19-7-9-25(10-8-19)17(5)22(28)21-15(3)20(18(6)27)16(4)24-21/h13-14,17,19,24H,7-12H2,1-6H3.